The van der Waals surface area contributed by atoms with Crippen molar-refractivity contribution in [2.45, 2.75) is 182 Å². The molecule has 298 valence electrons. The van der Waals surface area contributed by atoms with Gasteiger partial charge < -0.3 is 14.2 Å². The average molecular weight is 743 g/mol. The van der Waals surface area contributed by atoms with Crippen molar-refractivity contribution in [3.63, 3.8) is 0 Å². The summed E-state index contributed by atoms with van der Waals surface area (Å²) in [5, 5.41) is 4.49. The van der Waals surface area contributed by atoms with Crippen molar-refractivity contribution in [2.24, 2.45) is 0 Å². The first kappa shape index (κ1) is 42.2. The van der Waals surface area contributed by atoms with E-state index in [0.29, 0.717) is 19.8 Å². The van der Waals surface area contributed by atoms with Crippen LogP contribution >= 0.6 is 0 Å². The third-order valence-electron chi connectivity index (χ3n) is 11.4. The topological polar surface area (TPSA) is 52.6 Å². The summed E-state index contributed by atoms with van der Waals surface area (Å²) in [4.78, 5) is 13.3. The Morgan fingerprint density at radius 3 is 1.30 bits per heavy atom. The predicted molar refractivity (Wildman–Crippen MR) is 219 cm³/mol. The van der Waals surface area contributed by atoms with Crippen LogP contribution in [0.2, 0.25) is 0 Å². The zero-order valence-electron chi connectivity index (χ0n) is 35.4. The molecule has 2 fully saturated rings. The maximum atomic E-state index is 6.63. The van der Waals surface area contributed by atoms with Gasteiger partial charge in [0.15, 0.2) is 0 Å². The predicted octanol–water partition coefficient (Wildman–Crippen LogP) is 12.2. The highest BCUT2D eigenvalue weighted by molar-refractivity contribution is 5.39. The van der Waals surface area contributed by atoms with Crippen LogP contribution in [0, 0.1) is 0 Å². The fourth-order valence-corrected chi connectivity index (χ4v) is 8.38. The molecule has 2 atom stereocenters. The average Bonchev–Trinajstić information content (AvgIpc) is 3.11. The molecule has 0 amide bonds. The molecule has 3 aromatic carbocycles. The lowest BCUT2D eigenvalue weighted by atomic mass is 9.82. The van der Waals surface area contributed by atoms with Gasteiger partial charge in [0.2, 0.25) is 0 Å². The maximum Gasteiger partial charge on any atom is 0.123 e. The molecule has 7 nitrogen and oxygen atoms in total. The molecule has 2 heterocycles. The molecule has 0 N–H and O–H groups in total. The van der Waals surface area contributed by atoms with Gasteiger partial charge in [0.1, 0.15) is 36.9 Å². The minimum atomic E-state index is -0.0481. The van der Waals surface area contributed by atoms with Gasteiger partial charge in [-0.25, -0.2) is 0 Å². The van der Waals surface area contributed by atoms with Crippen LogP contribution < -0.4 is 9.47 Å². The molecule has 2 saturated heterocycles. The molecule has 2 aliphatic heterocycles. The molecule has 0 radical (unpaired) electrons. The quantitative estimate of drug-likeness (QED) is 0.128. The van der Waals surface area contributed by atoms with E-state index in [-0.39, 0.29) is 34.4 Å². The number of unbranched alkanes of at least 4 members (excludes halogenated alkanes) is 1. The van der Waals surface area contributed by atoms with Crippen molar-refractivity contribution >= 4 is 0 Å². The number of nitrogens with zero attached hydrogens (tertiary/aromatic N) is 2. The van der Waals surface area contributed by atoms with Gasteiger partial charge in [-0.1, -0.05) is 61.9 Å². The molecule has 5 rings (SSSR count). The molecule has 7 heteroatoms. The zero-order valence-corrected chi connectivity index (χ0v) is 35.4. The monoisotopic (exact) mass is 743 g/mol. The molecule has 0 bridgehead atoms. The molecule has 2 aliphatic rings. The maximum absolute atomic E-state index is 6.63. The molecule has 3 aromatic rings. The van der Waals surface area contributed by atoms with Crippen molar-refractivity contribution in [3.05, 3.63) is 94.5 Å². The number of ether oxygens (including phenoxy) is 3. The second-order valence-electron chi connectivity index (χ2n) is 18.3. The summed E-state index contributed by atoms with van der Waals surface area (Å²) in [7, 11) is 0. The first-order chi connectivity index (χ1) is 25.5. The minimum absolute atomic E-state index is 0.00278. The van der Waals surface area contributed by atoms with Gasteiger partial charge >= 0.3 is 0 Å². The lowest BCUT2D eigenvalue weighted by Crippen LogP contribution is -2.58. The van der Waals surface area contributed by atoms with Crippen LogP contribution in [-0.4, -0.2) is 38.9 Å². The molecule has 0 aromatic heterocycles. The lowest BCUT2D eigenvalue weighted by Gasteiger charge is -2.52. The van der Waals surface area contributed by atoms with Gasteiger partial charge in [0, 0.05) is 34.8 Å². The van der Waals surface area contributed by atoms with Crippen LogP contribution in [0.1, 0.15) is 168 Å². The Balaban J connectivity index is 1.20. The largest absolute Gasteiger partial charge is 0.489 e. The Bertz CT molecular complexity index is 1470. The van der Waals surface area contributed by atoms with E-state index in [1.807, 2.05) is 6.07 Å². The van der Waals surface area contributed by atoms with Crippen molar-refractivity contribution in [1.29, 1.82) is 0 Å². The highest BCUT2D eigenvalue weighted by Crippen LogP contribution is 2.42. The van der Waals surface area contributed by atoms with Crippen LogP contribution in [-0.2, 0) is 34.2 Å². The summed E-state index contributed by atoms with van der Waals surface area (Å²) < 4.78 is 18.7. The molecule has 0 spiro atoms. The standard InChI is InChI=1S/C47H70N2O5/c1-12-13-28-50-32-39-29-42(51-33-37-16-20-40(21-17-37)35(2)53-48-44(4,5)24-14-25-45(48,6)7)31-43(30-39)52-34-38-18-22-41(23-19-38)36(3)54-49-46(8,9)26-15-27-47(49,10)11/h16-23,29-31,35-36H,12-15,24-28,32-34H2,1-11H3. The van der Waals surface area contributed by atoms with E-state index >= 15 is 0 Å². The highest BCUT2D eigenvalue weighted by atomic mass is 16.7. The first-order valence-electron chi connectivity index (χ1n) is 20.6. The number of piperidine rings is 2. The van der Waals surface area contributed by atoms with Crippen LogP contribution in [0.4, 0.5) is 0 Å². The van der Waals surface area contributed by atoms with E-state index in [0.717, 1.165) is 84.4 Å². The van der Waals surface area contributed by atoms with Crippen LogP contribution in [0.25, 0.3) is 0 Å². The van der Waals surface area contributed by atoms with Crippen molar-refractivity contribution in [3.8, 4) is 11.5 Å². The lowest BCUT2D eigenvalue weighted by molar-refractivity contribution is -0.304. The fraction of sp³-hybridized carbons (Fsp3) is 0.617. The molecular weight excluding hydrogens is 673 g/mol. The number of hydrogen-bond acceptors (Lipinski definition) is 7. The second-order valence-corrected chi connectivity index (χ2v) is 18.3. The van der Waals surface area contributed by atoms with Crippen LogP contribution in [0.15, 0.2) is 66.7 Å². The smallest absolute Gasteiger partial charge is 0.123 e. The van der Waals surface area contributed by atoms with E-state index in [4.69, 9.17) is 23.9 Å². The third-order valence-corrected chi connectivity index (χ3v) is 11.4. The number of rotatable bonds is 17. The second kappa shape index (κ2) is 17.9. The normalized spacial score (nSPS) is 20.6. The van der Waals surface area contributed by atoms with Gasteiger partial charge in [0.05, 0.1) is 6.61 Å². The molecule has 0 aliphatic carbocycles. The van der Waals surface area contributed by atoms with E-state index in [2.05, 4.69) is 147 Å². The summed E-state index contributed by atoms with van der Waals surface area (Å²) in [6.45, 7) is 26.9. The van der Waals surface area contributed by atoms with Gasteiger partial charge in [-0.05, 0) is 154 Å². The Hall–Kier alpha value is -2.94. The number of hydrogen-bond donors (Lipinski definition) is 0. The van der Waals surface area contributed by atoms with Gasteiger partial charge in [-0.2, -0.15) is 10.1 Å². The van der Waals surface area contributed by atoms with Crippen LogP contribution in [0.5, 0.6) is 11.5 Å². The van der Waals surface area contributed by atoms with E-state index in [1.165, 1.54) is 12.8 Å². The summed E-state index contributed by atoms with van der Waals surface area (Å²) in [6.07, 6.45) is 9.05. The molecular formula is C47H70N2O5. The Labute approximate surface area is 327 Å². The summed E-state index contributed by atoms with van der Waals surface area (Å²) >= 11 is 0. The van der Waals surface area contributed by atoms with Gasteiger partial charge in [-0.15, -0.1) is 0 Å². The number of hydroxylamine groups is 4. The summed E-state index contributed by atoms with van der Waals surface area (Å²) in [5.74, 6) is 1.53. The van der Waals surface area contributed by atoms with Crippen molar-refractivity contribution in [2.75, 3.05) is 6.61 Å². The first-order valence-corrected chi connectivity index (χ1v) is 20.6. The van der Waals surface area contributed by atoms with Gasteiger partial charge in [0.25, 0.3) is 0 Å². The Morgan fingerprint density at radius 2 is 0.926 bits per heavy atom. The van der Waals surface area contributed by atoms with Crippen LogP contribution in [0.3, 0.4) is 0 Å². The molecule has 2 unspecified atom stereocenters. The Morgan fingerprint density at radius 1 is 0.537 bits per heavy atom. The number of benzene rings is 3. The highest BCUT2D eigenvalue weighted by Gasteiger charge is 2.44. The minimum Gasteiger partial charge on any atom is -0.489 e. The van der Waals surface area contributed by atoms with Gasteiger partial charge in [-0.3, -0.25) is 9.68 Å². The molecule has 54 heavy (non-hydrogen) atoms. The molecule has 0 saturated carbocycles. The fourth-order valence-electron chi connectivity index (χ4n) is 8.38. The van der Waals surface area contributed by atoms with Crippen molar-refractivity contribution in [1.82, 2.24) is 10.1 Å². The summed E-state index contributed by atoms with van der Waals surface area (Å²) in [6, 6.07) is 23.3. The third kappa shape index (κ3) is 11.1. The zero-order chi connectivity index (χ0) is 39.1. The van der Waals surface area contributed by atoms with E-state index in [9.17, 15) is 0 Å². The van der Waals surface area contributed by atoms with Crippen molar-refractivity contribution < 1.29 is 23.9 Å². The summed E-state index contributed by atoms with van der Waals surface area (Å²) in [5.41, 5.74) is 5.56. The Kier molecular flexibility index (Phi) is 14.0. The van der Waals surface area contributed by atoms with E-state index in [1.54, 1.807) is 0 Å². The SMILES string of the molecule is CCCCOCc1cc(OCc2ccc(C(C)ON3C(C)(C)CCCC3(C)C)cc2)cc(OCc2ccc(C(C)ON3C(C)(C)CCCC3(C)C)cc2)c1. The van der Waals surface area contributed by atoms with E-state index < -0.39 is 0 Å².